The number of aromatic nitrogens is 2. The number of imidazole rings is 1. The van der Waals surface area contributed by atoms with Crippen molar-refractivity contribution in [3.8, 4) is 6.07 Å². The lowest BCUT2D eigenvalue weighted by molar-refractivity contribution is -0.126. The zero-order chi connectivity index (χ0) is 12.7. The summed E-state index contributed by atoms with van der Waals surface area (Å²) in [7, 11) is 1.76. The molecule has 0 atom stereocenters. The Morgan fingerprint density at radius 2 is 2.33 bits per heavy atom. The van der Waals surface area contributed by atoms with E-state index in [1.54, 1.807) is 18.3 Å². The quantitative estimate of drug-likeness (QED) is 0.686. The van der Waals surface area contributed by atoms with E-state index >= 15 is 0 Å². The zero-order valence-electron chi connectivity index (χ0n) is 10.1. The molecule has 2 aliphatic rings. The molecule has 0 saturated heterocycles. The molecule has 1 amide bonds. The number of likely N-dealkylation sites (N-methyl/N-ethyl adjacent to an activating group) is 1. The van der Waals surface area contributed by atoms with Crippen LogP contribution >= 0.6 is 0 Å². The van der Waals surface area contributed by atoms with E-state index in [0.717, 1.165) is 29.8 Å². The van der Waals surface area contributed by atoms with Crippen LogP contribution in [0.2, 0.25) is 0 Å². The molecule has 5 nitrogen and oxygen atoms in total. The highest BCUT2D eigenvalue weighted by atomic mass is 16.2. The highest BCUT2D eigenvalue weighted by molar-refractivity contribution is 6.01. The van der Waals surface area contributed by atoms with Gasteiger partial charge < -0.3 is 4.90 Å². The molecule has 0 unspecified atom stereocenters. The van der Waals surface area contributed by atoms with Crippen LogP contribution in [0.15, 0.2) is 24.1 Å². The molecule has 0 saturated carbocycles. The number of nitrogens with zero attached hydrogens (tertiary/aromatic N) is 4. The molecule has 90 valence electrons. The van der Waals surface area contributed by atoms with Crippen molar-refractivity contribution in [1.29, 1.82) is 5.26 Å². The molecule has 2 heterocycles. The summed E-state index contributed by atoms with van der Waals surface area (Å²) in [6.45, 7) is 0.419. The third kappa shape index (κ3) is 1.39. The SMILES string of the molecule is CN1Cc2c(C#N)ncn2C2=C(CCC=C2)C1=O. The summed E-state index contributed by atoms with van der Waals surface area (Å²) in [6.07, 6.45) is 7.25. The molecule has 18 heavy (non-hydrogen) atoms. The highest BCUT2D eigenvalue weighted by Crippen LogP contribution is 2.29. The molecule has 0 radical (unpaired) electrons. The Bertz CT molecular complexity index is 630. The fourth-order valence-corrected chi connectivity index (χ4v) is 2.45. The van der Waals surface area contributed by atoms with Gasteiger partial charge in [-0.25, -0.2) is 4.98 Å². The molecule has 3 rings (SSSR count). The first-order valence-electron chi connectivity index (χ1n) is 5.84. The van der Waals surface area contributed by atoms with Crippen LogP contribution in [-0.2, 0) is 11.3 Å². The van der Waals surface area contributed by atoms with Crippen LogP contribution in [0.1, 0.15) is 24.2 Å². The van der Waals surface area contributed by atoms with Crippen molar-refractivity contribution in [2.45, 2.75) is 19.4 Å². The second kappa shape index (κ2) is 3.84. The molecule has 1 aliphatic heterocycles. The van der Waals surface area contributed by atoms with Crippen molar-refractivity contribution < 1.29 is 4.79 Å². The molecule has 1 aromatic rings. The van der Waals surface area contributed by atoms with E-state index in [9.17, 15) is 4.79 Å². The van der Waals surface area contributed by atoms with Crippen LogP contribution in [0.4, 0.5) is 0 Å². The molecular formula is C13H12N4O. The van der Waals surface area contributed by atoms with Crippen molar-refractivity contribution in [3.05, 3.63) is 35.4 Å². The van der Waals surface area contributed by atoms with Gasteiger partial charge in [0.15, 0.2) is 5.69 Å². The van der Waals surface area contributed by atoms with E-state index in [1.807, 2.05) is 16.7 Å². The summed E-state index contributed by atoms with van der Waals surface area (Å²) in [5.74, 6) is 0.0435. The predicted molar refractivity (Wildman–Crippen MR) is 65.0 cm³/mol. The number of carbonyl (C=O) groups is 1. The van der Waals surface area contributed by atoms with Gasteiger partial charge >= 0.3 is 0 Å². The van der Waals surface area contributed by atoms with Gasteiger partial charge in [-0.3, -0.25) is 9.36 Å². The second-order valence-electron chi connectivity index (χ2n) is 4.49. The third-order valence-electron chi connectivity index (χ3n) is 3.37. The van der Waals surface area contributed by atoms with Crippen LogP contribution in [-0.4, -0.2) is 27.4 Å². The van der Waals surface area contributed by atoms with Crippen LogP contribution in [0.25, 0.3) is 5.70 Å². The monoisotopic (exact) mass is 240 g/mol. The average Bonchev–Trinajstić information content (AvgIpc) is 2.76. The number of fused-ring (bicyclic) bond motifs is 2. The molecule has 1 aromatic heterocycles. The number of hydrogen-bond donors (Lipinski definition) is 0. The molecule has 0 aromatic carbocycles. The zero-order valence-corrected chi connectivity index (χ0v) is 10.1. The Hall–Kier alpha value is -2.35. The molecule has 0 N–H and O–H groups in total. The van der Waals surface area contributed by atoms with Crippen molar-refractivity contribution in [1.82, 2.24) is 14.5 Å². The first-order valence-corrected chi connectivity index (χ1v) is 5.84. The van der Waals surface area contributed by atoms with E-state index < -0.39 is 0 Å². The van der Waals surface area contributed by atoms with Gasteiger partial charge in [0.1, 0.15) is 12.4 Å². The minimum absolute atomic E-state index is 0.0435. The highest BCUT2D eigenvalue weighted by Gasteiger charge is 2.28. The normalized spacial score (nSPS) is 18.2. The maximum Gasteiger partial charge on any atom is 0.251 e. The smallest absolute Gasteiger partial charge is 0.251 e. The summed E-state index contributed by atoms with van der Waals surface area (Å²) < 4.78 is 1.87. The Labute approximate surface area is 105 Å². The fourth-order valence-electron chi connectivity index (χ4n) is 2.45. The van der Waals surface area contributed by atoms with Crippen molar-refractivity contribution in [3.63, 3.8) is 0 Å². The Balaban J connectivity index is 2.26. The minimum atomic E-state index is 0.0435. The van der Waals surface area contributed by atoms with E-state index in [1.165, 1.54) is 0 Å². The third-order valence-corrected chi connectivity index (χ3v) is 3.37. The summed E-state index contributed by atoms with van der Waals surface area (Å²) in [4.78, 5) is 18.0. The van der Waals surface area contributed by atoms with E-state index in [-0.39, 0.29) is 5.91 Å². The molecule has 0 bridgehead atoms. The van der Waals surface area contributed by atoms with Gasteiger partial charge in [0, 0.05) is 12.6 Å². The van der Waals surface area contributed by atoms with Gasteiger partial charge in [0.2, 0.25) is 0 Å². The second-order valence-corrected chi connectivity index (χ2v) is 4.49. The lowest BCUT2D eigenvalue weighted by atomic mass is 10.0. The van der Waals surface area contributed by atoms with E-state index in [4.69, 9.17) is 5.26 Å². The van der Waals surface area contributed by atoms with Crippen molar-refractivity contribution in [2.75, 3.05) is 7.05 Å². The Morgan fingerprint density at radius 1 is 1.50 bits per heavy atom. The number of nitriles is 1. The number of carbonyl (C=O) groups excluding carboxylic acids is 1. The van der Waals surface area contributed by atoms with Gasteiger partial charge in [0.05, 0.1) is 17.9 Å². The standard InChI is InChI=1S/C13H12N4O/c1-16-7-12-10(6-14)15-8-17(12)11-5-3-2-4-9(11)13(16)18/h3,5,8H,2,4,7H2,1H3. The first kappa shape index (κ1) is 10.8. The summed E-state index contributed by atoms with van der Waals surface area (Å²) in [5.41, 5.74) is 2.84. The number of rotatable bonds is 0. The number of amides is 1. The summed E-state index contributed by atoms with van der Waals surface area (Å²) in [5, 5.41) is 9.06. The summed E-state index contributed by atoms with van der Waals surface area (Å²) >= 11 is 0. The van der Waals surface area contributed by atoms with Crippen molar-refractivity contribution in [2.24, 2.45) is 0 Å². The van der Waals surface area contributed by atoms with Gasteiger partial charge in [-0.2, -0.15) is 5.26 Å². The largest absolute Gasteiger partial charge is 0.336 e. The molecule has 0 spiro atoms. The van der Waals surface area contributed by atoms with Crippen LogP contribution in [0.5, 0.6) is 0 Å². The lowest BCUT2D eigenvalue weighted by Crippen LogP contribution is -2.27. The summed E-state index contributed by atoms with van der Waals surface area (Å²) in [6, 6.07) is 2.08. The maximum atomic E-state index is 12.3. The lowest BCUT2D eigenvalue weighted by Gasteiger charge is -2.17. The van der Waals surface area contributed by atoms with Crippen molar-refractivity contribution >= 4 is 11.6 Å². The van der Waals surface area contributed by atoms with Gasteiger partial charge in [-0.1, -0.05) is 6.08 Å². The van der Waals surface area contributed by atoms with Crippen LogP contribution < -0.4 is 0 Å². The predicted octanol–water partition coefficient (Wildman–Crippen LogP) is 1.29. The average molecular weight is 240 g/mol. The maximum absolute atomic E-state index is 12.3. The van der Waals surface area contributed by atoms with Gasteiger partial charge in [0.25, 0.3) is 5.91 Å². The van der Waals surface area contributed by atoms with Gasteiger partial charge in [-0.05, 0) is 18.9 Å². The first-order chi connectivity index (χ1) is 8.72. The van der Waals surface area contributed by atoms with E-state index in [0.29, 0.717) is 12.2 Å². The van der Waals surface area contributed by atoms with E-state index in [2.05, 4.69) is 11.1 Å². The van der Waals surface area contributed by atoms with Crippen LogP contribution in [0.3, 0.4) is 0 Å². The number of allylic oxidation sites excluding steroid dienone is 3. The van der Waals surface area contributed by atoms with Gasteiger partial charge in [-0.15, -0.1) is 0 Å². The molecule has 1 aliphatic carbocycles. The minimum Gasteiger partial charge on any atom is -0.336 e. The molecular weight excluding hydrogens is 228 g/mol. The number of hydrogen-bond acceptors (Lipinski definition) is 3. The Kier molecular flexibility index (Phi) is 2.30. The fraction of sp³-hybridized carbons (Fsp3) is 0.308. The Morgan fingerprint density at radius 3 is 3.11 bits per heavy atom. The molecule has 0 fully saturated rings. The van der Waals surface area contributed by atoms with Crippen LogP contribution in [0, 0.1) is 11.3 Å². The molecule has 5 heteroatoms. The topological polar surface area (TPSA) is 61.9 Å².